The summed E-state index contributed by atoms with van der Waals surface area (Å²) in [6, 6.07) is 14.5. The molecule has 2 saturated carbocycles. The minimum absolute atomic E-state index is 0.151. The summed E-state index contributed by atoms with van der Waals surface area (Å²) in [5.41, 5.74) is 2.42. The molecule has 0 atom stereocenters. The first-order valence-electron chi connectivity index (χ1n) is 13.2. The molecule has 0 aliphatic heterocycles. The Kier molecular flexibility index (Phi) is 8.37. The first-order valence-corrected chi connectivity index (χ1v) is 13.2. The van der Waals surface area contributed by atoms with E-state index in [1.807, 2.05) is 12.1 Å². The monoisotopic (exact) mass is 458 g/mol. The minimum atomic E-state index is -0.378. The maximum atomic E-state index is 12.6. The summed E-state index contributed by atoms with van der Waals surface area (Å²) in [5.74, 6) is 3.36. The van der Waals surface area contributed by atoms with E-state index >= 15 is 0 Å². The Morgan fingerprint density at radius 2 is 1.38 bits per heavy atom. The number of carbonyl (C=O) groups is 2. The normalized spacial score (nSPS) is 24.9. The third-order valence-electron chi connectivity index (χ3n) is 8.18. The van der Waals surface area contributed by atoms with E-state index in [0.717, 1.165) is 17.8 Å². The maximum Gasteiger partial charge on any atom is 0.343 e. The molecular formula is C31H38O3. The van der Waals surface area contributed by atoms with Crippen molar-refractivity contribution in [2.75, 3.05) is 0 Å². The molecule has 0 aromatic heterocycles. The van der Waals surface area contributed by atoms with Crippen LogP contribution in [0, 0.1) is 17.8 Å². The first-order chi connectivity index (χ1) is 16.6. The van der Waals surface area contributed by atoms with Crippen LogP contribution in [0.4, 0.5) is 0 Å². The van der Waals surface area contributed by atoms with E-state index in [0.29, 0.717) is 22.8 Å². The number of ether oxygens (including phenoxy) is 1. The second-order valence-electron chi connectivity index (χ2n) is 10.3. The lowest BCUT2D eigenvalue weighted by Gasteiger charge is -2.38. The Morgan fingerprint density at radius 3 is 1.94 bits per heavy atom. The number of carbonyl (C=O) groups excluding carboxylic acids is 2. The van der Waals surface area contributed by atoms with Crippen molar-refractivity contribution in [1.29, 1.82) is 0 Å². The van der Waals surface area contributed by atoms with Crippen LogP contribution in [0.15, 0.2) is 61.2 Å². The van der Waals surface area contributed by atoms with Gasteiger partial charge in [0.25, 0.3) is 0 Å². The molecule has 0 amide bonds. The van der Waals surface area contributed by atoms with Gasteiger partial charge in [-0.1, -0.05) is 51.3 Å². The molecular weight excluding hydrogens is 420 g/mol. The minimum Gasteiger partial charge on any atom is -0.423 e. The molecule has 3 nitrogen and oxygen atoms in total. The molecule has 0 spiro atoms. The van der Waals surface area contributed by atoms with Crippen LogP contribution >= 0.6 is 0 Å². The third-order valence-corrected chi connectivity index (χ3v) is 8.18. The van der Waals surface area contributed by atoms with Gasteiger partial charge in [-0.3, -0.25) is 4.79 Å². The predicted molar refractivity (Wildman–Crippen MR) is 137 cm³/mol. The molecule has 2 aromatic carbocycles. The van der Waals surface area contributed by atoms with Gasteiger partial charge >= 0.3 is 5.97 Å². The number of hydrogen-bond acceptors (Lipinski definition) is 3. The zero-order valence-electron chi connectivity index (χ0n) is 20.5. The highest BCUT2D eigenvalue weighted by molar-refractivity contribution is 6.04. The van der Waals surface area contributed by atoms with Crippen molar-refractivity contribution in [3.63, 3.8) is 0 Å². The van der Waals surface area contributed by atoms with Gasteiger partial charge in [-0.15, -0.1) is 0 Å². The number of esters is 1. The number of rotatable bonds is 8. The fraction of sp³-hybridized carbons (Fsp3) is 0.484. The van der Waals surface area contributed by atoms with Crippen molar-refractivity contribution >= 4 is 11.8 Å². The molecule has 180 valence electrons. The van der Waals surface area contributed by atoms with Gasteiger partial charge in [-0.05, 0) is 110 Å². The van der Waals surface area contributed by atoms with E-state index in [4.69, 9.17) is 4.74 Å². The van der Waals surface area contributed by atoms with Crippen molar-refractivity contribution < 1.29 is 14.3 Å². The Balaban J connectivity index is 1.26. The summed E-state index contributed by atoms with van der Waals surface area (Å²) < 4.78 is 5.48. The van der Waals surface area contributed by atoms with Gasteiger partial charge in [0, 0.05) is 5.56 Å². The second kappa shape index (κ2) is 11.6. The summed E-state index contributed by atoms with van der Waals surface area (Å²) in [7, 11) is 0. The van der Waals surface area contributed by atoms with Gasteiger partial charge in [0.15, 0.2) is 5.78 Å². The fourth-order valence-electron chi connectivity index (χ4n) is 6.14. The van der Waals surface area contributed by atoms with Gasteiger partial charge in [0.05, 0.1) is 5.56 Å². The van der Waals surface area contributed by atoms with Crippen LogP contribution in [0.25, 0.3) is 0 Å². The smallest absolute Gasteiger partial charge is 0.343 e. The van der Waals surface area contributed by atoms with Gasteiger partial charge in [0.1, 0.15) is 5.75 Å². The lowest BCUT2D eigenvalue weighted by Crippen LogP contribution is -2.25. The number of ketones is 1. The Labute approximate surface area is 204 Å². The Bertz CT molecular complexity index is 957. The van der Waals surface area contributed by atoms with Crippen LogP contribution in [0.5, 0.6) is 5.75 Å². The number of hydrogen-bond donors (Lipinski definition) is 0. The lowest BCUT2D eigenvalue weighted by atomic mass is 9.68. The molecule has 0 N–H and O–H groups in total. The van der Waals surface area contributed by atoms with Crippen molar-refractivity contribution in [2.24, 2.45) is 17.8 Å². The highest BCUT2D eigenvalue weighted by Gasteiger charge is 2.31. The summed E-state index contributed by atoms with van der Waals surface area (Å²) in [6.45, 7) is 5.80. The zero-order chi connectivity index (χ0) is 23.9. The molecule has 3 heteroatoms. The van der Waals surface area contributed by atoms with E-state index in [-0.39, 0.29) is 11.8 Å². The molecule has 0 radical (unpaired) electrons. The predicted octanol–water partition coefficient (Wildman–Crippen LogP) is 8.15. The van der Waals surface area contributed by atoms with E-state index in [2.05, 4.69) is 25.6 Å². The van der Waals surface area contributed by atoms with Crippen molar-refractivity contribution in [3.05, 3.63) is 77.9 Å². The van der Waals surface area contributed by atoms with E-state index in [1.54, 1.807) is 24.3 Å². The zero-order valence-corrected chi connectivity index (χ0v) is 20.5. The highest BCUT2D eigenvalue weighted by Crippen LogP contribution is 2.44. The van der Waals surface area contributed by atoms with Gasteiger partial charge in [0.2, 0.25) is 0 Å². The summed E-state index contributed by atoms with van der Waals surface area (Å²) in [5, 5.41) is 0. The van der Waals surface area contributed by atoms with Crippen LogP contribution in [-0.4, -0.2) is 11.8 Å². The van der Waals surface area contributed by atoms with Crippen molar-refractivity contribution in [2.45, 2.75) is 77.0 Å². The highest BCUT2D eigenvalue weighted by atomic mass is 16.5. The molecule has 34 heavy (non-hydrogen) atoms. The van der Waals surface area contributed by atoms with Crippen LogP contribution in [0.3, 0.4) is 0 Å². The SMILES string of the molecule is C=CC(=O)c1ccc(OC(=O)c2ccc(C3CCC(C4CCC(CCC)CC4)CC3)cc2)cc1. The van der Waals surface area contributed by atoms with Gasteiger partial charge in [-0.2, -0.15) is 0 Å². The lowest BCUT2D eigenvalue weighted by molar-refractivity contribution is 0.0734. The summed E-state index contributed by atoms with van der Waals surface area (Å²) >= 11 is 0. The molecule has 0 saturated heterocycles. The van der Waals surface area contributed by atoms with Gasteiger partial charge < -0.3 is 4.74 Å². The molecule has 2 aliphatic rings. The molecule has 4 rings (SSSR count). The Hall–Kier alpha value is -2.68. The largest absolute Gasteiger partial charge is 0.423 e. The standard InChI is InChI=1S/C31H38O3/c1-3-5-22-6-8-23(9-7-22)24-10-12-25(13-11-24)26-14-16-28(17-15-26)31(33)34-29-20-18-27(19-21-29)30(32)4-2/h4,14-25H,2-3,5-13H2,1H3. The quantitative estimate of drug-likeness (QED) is 0.173. The number of benzene rings is 2. The van der Waals surface area contributed by atoms with Crippen LogP contribution in [0.1, 0.15) is 103 Å². The van der Waals surface area contributed by atoms with E-state index in [1.165, 1.54) is 75.8 Å². The molecule has 2 fully saturated rings. The van der Waals surface area contributed by atoms with Crippen LogP contribution < -0.4 is 4.74 Å². The maximum absolute atomic E-state index is 12.6. The average molecular weight is 459 g/mol. The van der Waals surface area contributed by atoms with Gasteiger partial charge in [-0.25, -0.2) is 4.79 Å². The summed E-state index contributed by atoms with van der Waals surface area (Å²) in [4.78, 5) is 24.2. The number of allylic oxidation sites excluding steroid dienone is 1. The molecule has 0 unspecified atom stereocenters. The van der Waals surface area contributed by atoms with Crippen molar-refractivity contribution in [3.8, 4) is 5.75 Å². The molecule has 2 aliphatic carbocycles. The van der Waals surface area contributed by atoms with Crippen LogP contribution in [0.2, 0.25) is 0 Å². The first kappa shape index (κ1) is 24.4. The van der Waals surface area contributed by atoms with E-state index in [9.17, 15) is 9.59 Å². The van der Waals surface area contributed by atoms with Crippen LogP contribution in [-0.2, 0) is 0 Å². The molecule has 0 heterocycles. The molecule has 2 aromatic rings. The second-order valence-corrected chi connectivity index (χ2v) is 10.3. The van der Waals surface area contributed by atoms with E-state index < -0.39 is 0 Å². The summed E-state index contributed by atoms with van der Waals surface area (Å²) in [6.07, 6.45) is 15.1. The third kappa shape index (κ3) is 6.05. The average Bonchev–Trinajstić information content (AvgIpc) is 2.89. The Morgan fingerprint density at radius 1 is 0.824 bits per heavy atom. The molecule has 0 bridgehead atoms. The van der Waals surface area contributed by atoms with Crippen molar-refractivity contribution in [1.82, 2.24) is 0 Å². The fourth-order valence-corrected chi connectivity index (χ4v) is 6.14. The topological polar surface area (TPSA) is 43.4 Å².